The molecule has 3 aromatic carbocycles. The van der Waals surface area contributed by atoms with Gasteiger partial charge in [-0.2, -0.15) is 0 Å². The first-order valence-corrected chi connectivity index (χ1v) is 13.6. The lowest BCUT2D eigenvalue weighted by Crippen LogP contribution is -2.44. The summed E-state index contributed by atoms with van der Waals surface area (Å²) in [6.45, 7) is 1.86. The average molecular weight is 531 g/mol. The van der Waals surface area contributed by atoms with Gasteiger partial charge in [-0.15, -0.1) is 0 Å². The predicted molar refractivity (Wildman–Crippen MR) is 142 cm³/mol. The van der Waals surface area contributed by atoms with Crippen molar-refractivity contribution >= 4 is 44.7 Å². The van der Waals surface area contributed by atoms with Gasteiger partial charge in [0.25, 0.3) is 10.9 Å². The molecule has 0 aliphatic heterocycles. The van der Waals surface area contributed by atoms with Crippen molar-refractivity contribution in [1.82, 2.24) is 5.32 Å². The molecule has 0 radical (unpaired) electrons. The zero-order valence-electron chi connectivity index (χ0n) is 19.6. The molecule has 1 saturated carbocycles. The lowest BCUT2D eigenvalue weighted by atomic mass is 9.91. The van der Waals surface area contributed by atoms with E-state index in [0.29, 0.717) is 42.0 Å². The average Bonchev–Trinajstić information content (AvgIpc) is 2.84. The van der Waals surface area contributed by atoms with Crippen molar-refractivity contribution in [2.75, 3.05) is 15.4 Å². The lowest BCUT2D eigenvalue weighted by Gasteiger charge is -2.31. The number of urea groups is 1. The number of anilines is 3. The molecule has 0 spiro atoms. The van der Waals surface area contributed by atoms with Gasteiger partial charge in [-0.3, -0.25) is 14.3 Å². The number of hydrogen-bond acceptors (Lipinski definition) is 6. The minimum Gasteiger partial charge on any atom is -0.377 e. The van der Waals surface area contributed by atoms with Crippen molar-refractivity contribution in [2.45, 2.75) is 50.4 Å². The van der Waals surface area contributed by atoms with E-state index in [0.717, 1.165) is 5.56 Å². The Morgan fingerprint density at radius 1 is 0.944 bits per heavy atom. The topological polar surface area (TPSA) is 133 Å². The molecule has 2 amide bonds. The highest BCUT2D eigenvalue weighted by molar-refractivity contribution is 7.91. The van der Waals surface area contributed by atoms with Crippen molar-refractivity contribution < 1.29 is 13.2 Å². The molecule has 1 aliphatic carbocycles. The van der Waals surface area contributed by atoms with Gasteiger partial charge in [-0.1, -0.05) is 41.9 Å². The van der Waals surface area contributed by atoms with E-state index < -0.39 is 20.9 Å². The Labute approximate surface area is 214 Å². The molecule has 0 bridgehead atoms. The molecule has 11 heteroatoms. The largest absolute Gasteiger partial charge is 0.377 e. The van der Waals surface area contributed by atoms with Crippen LogP contribution < -0.4 is 31.5 Å². The molecule has 0 heterocycles. The summed E-state index contributed by atoms with van der Waals surface area (Å²) in [5, 5.41) is 9.41. The second kappa shape index (κ2) is 10.7. The molecule has 4 N–H and O–H groups in total. The SMILES string of the molecule is Cc1cc(NC(=O)NC2CCC(Nc3c(NS(=O)(=O)Cc4ccccc4)c(=O)c3=O)CC2)ccc1Cl. The highest BCUT2D eigenvalue weighted by Gasteiger charge is 2.29. The van der Waals surface area contributed by atoms with Crippen LogP contribution in [-0.4, -0.2) is 26.5 Å². The van der Waals surface area contributed by atoms with Crippen LogP contribution in [0.3, 0.4) is 0 Å². The first-order valence-electron chi connectivity index (χ1n) is 11.6. The molecule has 1 aliphatic rings. The fraction of sp³-hybridized carbons (Fsp3) is 0.320. The fourth-order valence-corrected chi connectivity index (χ4v) is 5.60. The van der Waals surface area contributed by atoms with E-state index in [1.165, 1.54) is 0 Å². The number of carbonyl (C=O) groups excluding carboxylic acids is 1. The number of halogens is 1. The van der Waals surface area contributed by atoms with Crippen LogP contribution in [0.4, 0.5) is 21.9 Å². The van der Waals surface area contributed by atoms with Crippen LogP contribution in [0.1, 0.15) is 36.8 Å². The van der Waals surface area contributed by atoms with Gasteiger partial charge in [0, 0.05) is 22.8 Å². The van der Waals surface area contributed by atoms with Gasteiger partial charge in [0.2, 0.25) is 10.0 Å². The Balaban J connectivity index is 1.29. The van der Waals surface area contributed by atoms with Crippen LogP contribution in [-0.2, 0) is 15.8 Å². The maximum atomic E-state index is 12.5. The van der Waals surface area contributed by atoms with Gasteiger partial charge in [-0.05, 0) is 61.9 Å². The normalized spacial score (nSPS) is 17.9. The summed E-state index contributed by atoms with van der Waals surface area (Å²) >= 11 is 6.02. The Morgan fingerprint density at radius 3 is 2.25 bits per heavy atom. The number of amides is 2. The third-order valence-electron chi connectivity index (χ3n) is 6.19. The number of carbonyl (C=O) groups is 1. The highest BCUT2D eigenvalue weighted by atomic mass is 35.5. The molecule has 190 valence electrons. The second-order valence-corrected chi connectivity index (χ2v) is 11.1. The zero-order chi connectivity index (χ0) is 25.9. The first-order chi connectivity index (χ1) is 17.1. The summed E-state index contributed by atoms with van der Waals surface area (Å²) < 4.78 is 27.3. The van der Waals surface area contributed by atoms with E-state index in [1.54, 1.807) is 48.5 Å². The Hall–Kier alpha value is -3.37. The smallest absolute Gasteiger partial charge is 0.319 e. The number of nitrogens with one attached hydrogen (secondary N) is 4. The molecule has 9 nitrogen and oxygen atoms in total. The predicted octanol–water partition coefficient (Wildman–Crippen LogP) is 3.73. The molecule has 0 atom stereocenters. The van der Waals surface area contributed by atoms with E-state index in [-0.39, 0.29) is 35.2 Å². The van der Waals surface area contributed by atoms with Gasteiger partial charge in [-0.25, -0.2) is 13.2 Å². The molecule has 0 saturated heterocycles. The fourth-order valence-electron chi connectivity index (χ4n) is 4.27. The first kappa shape index (κ1) is 25.7. The van der Waals surface area contributed by atoms with Crippen molar-refractivity contribution in [3.05, 3.63) is 85.1 Å². The van der Waals surface area contributed by atoms with Crippen LogP contribution in [0.5, 0.6) is 0 Å². The third-order valence-corrected chi connectivity index (χ3v) is 7.85. The summed E-state index contributed by atoms with van der Waals surface area (Å²) in [5.41, 5.74) is 0.286. The number of benzene rings is 2. The van der Waals surface area contributed by atoms with Crippen molar-refractivity contribution in [3.63, 3.8) is 0 Å². The highest BCUT2D eigenvalue weighted by Crippen LogP contribution is 2.25. The quantitative estimate of drug-likeness (QED) is 0.328. The molecule has 1 fully saturated rings. The maximum absolute atomic E-state index is 12.5. The van der Waals surface area contributed by atoms with Crippen molar-refractivity contribution in [1.29, 1.82) is 0 Å². The van der Waals surface area contributed by atoms with Crippen molar-refractivity contribution in [3.8, 4) is 0 Å². The van der Waals surface area contributed by atoms with E-state index in [9.17, 15) is 22.8 Å². The van der Waals surface area contributed by atoms with Crippen molar-refractivity contribution in [2.24, 2.45) is 0 Å². The Bertz CT molecular complexity index is 1430. The maximum Gasteiger partial charge on any atom is 0.319 e. The molecular formula is C25H27ClN4O5S. The minimum absolute atomic E-state index is 0.00361. The molecule has 3 aromatic rings. The molecule has 0 unspecified atom stereocenters. The van der Waals surface area contributed by atoms with E-state index >= 15 is 0 Å². The molecule has 0 aromatic heterocycles. The lowest BCUT2D eigenvalue weighted by molar-refractivity contribution is 0.243. The van der Waals surface area contributed by atoms with Crippen LogP contribution >= 0.6 is 11.6 Å². The molecule has 36 heavy (non-hydrogen) atoms. The number of aryl methyl sites for hydroxylation is 1. The number of hydrogen-bond donors (Lipinski definition) is 4. The van der Waals surface area contributed by atoms with Gasteiger partial charge in [0.15, 0.2) is 0 Å². The summed E-state index contributed by atoms with van der Waals surface area (Å²) in [4.78, 5) is 36.6. The summed E-state index contributed by atoms with van der Waals surface area (Å²) in [7, 11) is -3.86. The van der Waals surface area contributed by atoms with Gasteiger partial charge in [0.05, 0.1) is 5.75 Å². The summed E-state index contributed by atoms with van der Waals surface area (Å²) in [5.74, 6) is -0.305. The molecular weight excluding hydrogens is 504 g/mol. The van der Waals surface area contributed by atoms with Gasteiger partial charge >= 0.3 is 6.03 Å². The number of sulfonamides is 1. The van der Waals surface area contributed by atoms with Gasteiger partial charge in [0.1, 0.15) is 11.4 Å². The van der Waals surface area contributed by atoms with Crippen LogP contribution in [0, 0.1) is 6.92 Å². The molecule has 4 rings (SSSR count). The van der Waals surface area contributed by atoms with Crippen LogP contribution in [0.15, 0.2) is 58.1 Å². The minimum atomic E-state index is -3.86. The van der Waals surface area contributed by atoms with E-state index in [1.807, 2.05) is 6.92 Å². The summed E-state index contributed by atoms with van der Waals surface area (Å²) in [6.07, 6.45) is 2.60. The second-order valence-electron chi connectivity index (χ2n) is 9.01. The monoisotopic (exact) mass is 530 g/mol. The third kappa shape index (κ3) is 6.24. The Kier molecular flexibility index (Phi) is 7.65. The summed E-state index contributed by atoms with van der Waals surface area (Å²) in [6, 6.07) is 13.3. The number of rotatable bonds is 8. The van der Waals surface area contributed by atoms with E-state index in [4.69, 9.17) is 11.6 Å². The zero-order valence-corrected chi connectivity index (χ0v) is 21.2. The van der Waals surface area contributed by atoms with Gasteiger partial charge < -0.3 is 16.0 Å². The Morgan fingerprint density at radius 2 is 1.58 bits per heavy atom. The van der Waals surface area contributed by atoms with E-state index in [2.05, 4.69) is 20.7 Å². The van der Waals surface area contributed by atoms with Crippen LogP contribution in [0.25, 0.3) is 0 Å². The standard InChI is InChI=1S/C25H27ClN4O5S/c1-15-13-19(11-12-20(15)26)29-25(33)28-18-9-7-17(8-10-18)27-21-22(24(32)23(21)31)30-36(34,35)14-16-5-3-2-4-6-16/h2-6,11-13,17-18,27,30H,7-10,14H2,1H3,(H2,28,29,33). The van der Waals surface area contributed by atoms with Crippen LogP contribution in [0.2, 0.25) is 5.02 Å².